The van der Waals surface area contributed by atoms with Gasteiger partial charge in [-0.25, -0.2) is 8.42 Å². The lowest BCUT2D eigenvalue weighted by molar-refractivity contribution is -0.140. The lowest BCUT2D eigenvalue weighted by Crippen LogP contribution is -2.44. The number of ether oxygens (including phenoxy) is 1. The quantitative estimate of drug-likeness (QED) is 0.748. The van der Waals surface area contributed by atoms with Gasteiger partial charge in [0, 0.05) is 23.3 Å². The van der Waals surface area contributed by atoms with Crippen molar-refractivity contribution in [1.29, 1.82) is 0 Å². The highest BCUT2D eigenvalue weighted by Gasteiger charge is 2.34. The summed E-state index contributed by atoms with van der Waals surface area (Å²) in [4.78, 5) is 11.8. The summed E-state index contributed by atoms with van der Waals surface area (Å²) in [6.07, 6.45) is 0. The van der Waals surface area contributed by atoms with Crippen LogP contribution in [0, 0.1) is 0 Å². The van der Waals surface area contributed by atoms with Crippen LogP contribution in [-0.4, -0.2) is 49.9 Å². The van der Waals surface area contributed by atoms with Gasteiger partial charge in [-0.15, -0.1) is 11.8 Å². The van der Waals surface area contributed by atoms with Crippen molar-refractivity contribution in [3.8, 4) is 0 Å². The molecule has 0 saturated carbocycles. The first-order chi connectivity index (χ1) is 9.45. The molecule has 1 aromatic rings. The molecule has 0 unspecified atom stereocenters. The molecule has 1 heterocycles. The summed E-state index contributed by atoms with van der Waals surface area (Å²) in [6.45, 7) is 0.541. The molecule has 1 atom stereocenters. The van der Waals surface area contributed by atoms with Crippen LogP contribution in [0.25, 0.3) is 0 Å². The van der Waals surface area contributed by atoms with Crippen LogP contribution in [0.4, 0.5) is 0 Å². The largest absolute Gasteiger partial charge is 0.468 e. The summed E-state index contributed by atoms with van der Waals surface area (Å²) in [6, 6.07) is 6.55. The Bertz CT molecular complexity index is 605. The van der Waals surface area contributed by atoms with E-state index in [1.807, 2.05) is 0 Å². The highest BCUT2D eigenvalue weighted by molar-refractivity contribution is 9.10. The van der Waals surface area contributed by atoms with Crippen LogP contribution >= 0.6 is 27.7 Å². The minimum atomic E-state index is -3.58. The monoisotopic (exact) mass is 379 g/mol. The molecule has 8 heteroatoms. The molecular formula is C12H14BrNO4S2. The van der Waals surface area contributed by atoms with Crippen molar-refractivity contribution in [2.24, 2.45) is 0 Å². The fourth-order valence-corrected chi connectivity index (χ4v) is 5.28. The van der Waals surface area contributed by atoms with E-state index >= 15 is 0 Å². The maximum atomic E-state index is 12.5. The molecule has 5 nitrogen and oxygen atoms in total. The average Bonchev–Trinajstić information content (AvgIpc) is 2.46. The smallest absolute Gasteiger partial charge is 0.320 e. The Morgan fingerprint density at radius 2 is 2.25 bits per heavy atom. The number of rotatable bonds is 3. The number of thioether (sulfide) groups is 1. The minimum Gasteiger partial charge on any atom is -0.468 e. The predicted molar refractivity (Wildman–Crippen MR) is 81.2 cm³/mol. The number of hydrogen-bond acceptors (Lipinski definition) is 5. The summed E-state index contributed by atoms with van der Waals surface area (Å²) < 4.78 is 31.8. The number of esters is 1. The van der Waals surface area contributed by atoms with Crippen LogP contribution in [0.15, 0.2) is 33.6 Å². The van der Waals surface area contributed by atoms with Gasteiger partial charge in [0.15, 0.2) is 0 Å². The normalized spacial score (nSPS) is 20.6. The predicted octanol–water partition coefficient (Wildman–Crippen LogP) is 1.73. The van der Waals surface area contributed by atoms with Gasteiger partial charge in [0.05, 0.1) is 12.0 Å². The minimum absolute atomic E-state index is 0.145. The first kappa shape index (κ1) is 15.8. The maximum Gasteiger partial charge on any atom is 0.320 e. The number of benzene rings is 1. The van der Waals surface area contributed by atoms with E-state index in [1.165, 1.54) is 23.2 Å². The number of carbonyl (C=O) groups excluding carboxylic acids is 1. The zero-order chi connectivity index (χ0) is 14.8. The summed E-state index contributed by atoms with van der Waals surface area (Å²) in [5.41, 5.74) is 0. The molecule has 2 rings (SSSR count). The second-order valence-corrected chi connectivity index (χ2v) is 8.37. The Balaban J connectivity index is 2.23. The van der Waals surface area contributed by atoms with Crippen LogP contribution in [0.3, 0.4) is 0 Å². The highest BCUT2D eigenvalue weighted by atomic mass is 79.9. The van der Waals surface area contributed by atoms with Crippen molar-refractivity contribution in [2.45, 2.75) is 10.1 Å². The van der Waals surface area contributed by atoms with E-state index in [9.17, 15) is 13.2 Å². The van der Waals surface area contributed by atoms with E-state index in [0.717, 1.165) is 0 Å². The van der Waals surface area contributed by atoms with Gasteiger partial charge in [-0.2, -0.15) is 4.31 Å². The summed E-state index contributed by atoms with van der Waals surface area (Å²) in [7, 11) is -2.27. The highest BCUT2D eigenvalue weighted by Crippen LogP contribution is 2.26. The molecule has 0 bridgehead atoms. The van der Waals surface area contributed by atoms with Gasteiger partial charge >= 0.3 is 5.97 Å². The third-order valence-electron chi connectivity index (χ3n) is 2.93. The molecule has 1 fully saturated rings. The SMILES string of the molecule is COC(=O)[C@H]1CN(S(=O)(=O)c2cccc(Br)c2)CCS1. The number of halogens is 1. The molecule has 1 saturated heterocycles. The van der Waals surface area contributed by atoms with Gasteiger partial charge in [-0.3, -0.25) is 4.79 Å². The van der Waals surface area contributed by atoms with Crippen molar-refractivity contribution in [3.05, 3.63) is 28.7 Å². The molecule has 0 radical (unpaired) electrons. The zero-order valence-electron chi connectivity index (χ0n) is 10.8. The third kappa shape index (κ3) is 3.36. The zero-order valence-corrected chi connectivity index (χ0v) is 14.0. The molecule has 0 amide bonds. The fourth-order valence-electron chi connectivity index (χ4n) is 1.89. The van der Waals surface area contributed by atoms with Gasteiger partial charge in [-0.05, 0) is 18.2 Å². The Hall–Kier alpha value is -0.570. The molecule has 0 spiro atoms. The molecule has 20 heavy (non-hydrogen) atoms. The van der Waals surface area contributed by atoms with Gasteiger partial charge in [0.1, 0.15) is 5.25 Å². The van der Waals surface area contributed by atoms with E-state index in [1.54, 1.807) is 24.3 Å². The van der Waals surface area contributed by atoms with Gasteiger partial charge in [0.25, 0.3) is 0 Å². The molecule has 1 aliphatic heterocycles. The Labute approximate surface area is 130 Å². The summed E-state index contributed by atoms with van der Waals surface area (Å²) in [5, 5.41) is -0.462. The van der Waals surface area contributed by atoms with Crippen LogP contribution in [0.2, 0.25) is 0 Å². The van der Waals surface area contributed by atoms with Crippen LogP contribution in [-0.2, 0) is 19.6 Å². The summed E-state index contributed by atoms with van der Waals surface area (Å²) in [5.74, 6) is 0.191. The van der Waals surface area contributed by atoms with Gasteiger partial charge in [0.2, 0.25) is 10.0 Å². The maximum absolute atomic E-state index is 12.5. The van der Waals surface area contributed by atoms with Crippen molar-refractivity contribution < 1.29 is 17.9 Å². The van der Waals surface area contributed by atoms with E-state index in [-0.39, 0.29) is 17.4 Å². The van der Waals surface area contributed by atoms with Crippen LogP contribution < -0.4 is 0 Å². The van der Waals surface area contributed by atoms with Crippen molar-refractivity contribution in [2.75, 3.05) is 26.0 Å². The first-order valence-corrected chi connectivity index (χ1v) is 9.18. The van der Waals surface area contributed by atoms with Crippen LogP contribution in [0.1, 0.15) is 0 Å². The topological polar surface area (TPSA) is 63.7 Å². The average molecular weight is 380 g/mol. The molecule has 1 aliphatic rings. The number of carbonyl (C=O) groups is 1. The standard InChI is InChI=1S/C12H14BrNO4S2/c1-18-12(15)11-8-14(5-6-19-11)20(16,17)10-4-2-3-9(13)7-10/h2-4,7,11H,5-6,8H2,1H3/t11-/m1/s1. The molecule has 110 valence electrons. The molecule has 0 aliphatic carbocycles. The third-order valence-corrected chi connectivity index (χ3v) is 6.44. The van der Waals surface area contributed by atoms with Crippen molar-refractivity contribution in [1.82, 2.24) is 4.31 Å². The van der Waals surface area contributed by atoms with Crippen molar-refractivity contribution >= 4 is 43.7 Å². The lowest BCUT2D eigenvalue weighted by atomic mass is 10.4. The van der Waals surface area contributed by atoms with E-state index in [0.29, 0.717) is 16.8 Å². The molecule has 1 aromatic carbocycles. The number of sulfonamides is 1. The molecule has 0 N–H and O–H groups in total. The molecule has 0 aromatic heterocycles. The lowest BCUT2D eigenvalue weighted by Gasteiger charge is -2.30. The number of methoxy groups -OCH3 is 1. The fraction of sp³-hybridized carbons (Fsp3) is 0.417. The van der Waals surface area contributed by atoms with E-state index < -0.39 is 15.3 Å². The number of nitrogens with zero attached hydrogens (tertiary/aromatic N) is 1. The Morgan fingerprint density at radius 3 is 2.90 bits per heavy atom. The van der Waals surface area contributed by atoms with Gasteiger partial charge in [-0.1, -0.05) is 22.0 Å². The van der Waals surface area contributed by atoms with E-state index in [2.05, 4.69) is 20.7 Å². The second-order valence-electron chi connectivity index (χ2n) is 4.20. The van der Waals surface area contributed by atoms with Gasteiger partial charge < -0.3 is 4.74 Å². The second kappa shape index (κ2) is 6.46. The first-order valence-electron chi connectivity index (χ1n) is 5.90. The summed E-state index contributed by atoms with van der Waals surface area (Å²) >= 11 is 4.69. The van der Waals surface area contributed by atoms with E-state index in [4.69, 9.17) is 0 Å². The van der Waals surface area contributed by atoms with Crippen molar-refractivity contribution in [3.63, 3.8) is 0 Å². The molecular weight excluding hydrogens is 366 g/mol. The van der Waals surface area contributed by atoms with Crippen LogP contribution in [0.5, 0.6) is 0 Å². The number of hydrogen-bond donors (Lipinski definition) is 0. The Kier molecular flexibility index (Phi) is 5.11. The Morgan fingerprint density at radius 1 is 1.50 bits per heavy atom.